The summed E-state index contributed by atoms with van der Waals surface area (Å²) in [4.78, 5) is 14.3. The van der Waals surface area contributed by atoms with E-state index in [1.54, 1.807) is 12.0 Å². The molecule has 0 aliphatic carbocycles. The molecule has 0 saturated carbocycles. The third-order valence-corrected chi connectivity index (χ3v) is 4.64. The van der Waals surface area contributed by atoms with Gasteiger partial charge in [0.2, 0.25) is 12.7 Å². The van der Waals surface area contributed by atoms with E-state index in [-0.39, 0.29) is 18.7 Å². The van der Waals surface area contributed by atoms with Crippen LogP contribution in [0.1, 0.15) is 30.5 Å². The summed E-state index contributed by atoms with van der Waals surface area (Å²) in [6.45, 7) is 2.29. The quantitative estimate of drug-likeness (QED) is 0.806. The number of hydrogen-bond acceptors (Lipinski definition) is 4. The summed E-state index contributed by atoms with van der Waals surface area (Å²) in [6.07, 6.45) is 1.13. The van der Waals surface area contributed by atoms with Gasteiger partial charge in [-0.2, -0.15) is 0 Å². The van der Waals surface area contributed by atoms with Gasteiger partial charge in [-0.25, -0.2) is 0 Å². The van der Waals surface area contributed by atoms with Gasteiger partial charge >= 0.3 is 0 Å². The van der Waals surface area contributed by atoms with Gasteiger partial charge in [0.15, 0.2) is 11.5 Å². The fourth-order valence-corrected chi connectivity index (χ4v) is 2.85. The molecule has 1 heterocycles. The lowest BCUT2D eigenvalue weighted by molar-refractivity contribution is -0.131. The molecule has 5 nitrogen and oxygen atoms in total. The summed E-state index contributed by atoms with van der Waals surface area (Å²) in [6, 6.07) is 13.6. The molecule has 0 fully saturated rings. The molecule has 0 bridgehead atoms. The Labute approximate surface area is 148 Å². The van der Waals surface area contributed by atoms with Gasteiger partial charge in [0, 0.05) is 13.5 Å². The molecular formula is C20H23NO4. The van der Waals surface area contributed by atoms with Crippen LogP contribution in [-0.4, -0.2) is 31.8 Å². The SMILES string of the molecule is COc1ccc(C(C)N(C)C(=O)CCc2ccc3c(c2)OCO3)cc1. The topological polar surface area (TPSA) is 48.0 Å². The van der Waals surface area contributed by atoms with Crippen LogP contribution >= 0.6 is 0 Å². The van der Waals surface area contributed by atoms with Crippen molar-refractivity contribution in [3.05, 3.63) is 53.6 Å². The van der Waals surface area contributed by atoms with E-state index in [1.165, 1.54) is 0 Å². The molecule has 0 aromatic heterocycles. The molecule has 1 atom stereocenters. The second-order valence-corrected chi connectivity index (χ2v) is 6.14. The van der Waals surface area contributed by atoms with Crippen LogP contribution in [0.15, 0.2) is 42.5 Å². The molecule has 1 unspecified atom stereocenters. The summed E-state index contributed by atoms with van der Waals surface area (Å²) in [5, 5.41) is 0. The highest BCUT2D eigenvalue weighted by molar-refractivity contribution is 5.76. The second kappa shape index (κ2) is 7.47. The molecule has 5 heteroatoms. The lowest BCUT2D eigenvalue weighted by Gasteiger charge is -2.25. The predicted molar refractivity (Wildman–Crippen MR) is 95.1 cm³/mol. The van der Waals surface area contributed by atoms with Crippen molar-refractivity contribution in [2.75, 3.05) is 21.0 Å². The first-order chi connectivity index (χ1) is 12.1. The smallest absolute Gasteiger partial charge is 0.231 e. The molecule has 0 N–H and O–H groups in total. The van der Waals surface area contributed by atoms with Gasteiger partial charge < -0.3 is 19.1 Å². The van der Waals surface area contributed by atoms with Crippen molar-refractivity contribution in [2.45, 2.75) is 25.8 Å². The van der Waals surface area contributed by atoms with Crippen molar-refractivity contribution in [1.29, 1.82) is 0 Å². The van der Waals surface area contributed by atoms with E-state index in [4.69, 9.17) is 14.2 Å². The van der Waals surface area contributed by atoms with Crippen LogP contribution < -0.4 is 14.2 Å². The van der Waals surface area contributed by atoms with Gasteiger partial charge in [-0.15, -0.1) is 0 Å². The van der Waals surface area contributed by atoms with Crippen LogP contribution in [0.5, 0.6) is 17.2 Å². The Morgan fingerprint density at radius 1 is 1.16 bits per heavy atom. The normalized spacial score (nSPS) is 13.4. The number of ether oxygens (including phenoxy) is 3. The summed E-state index contributed by atoms with van der Waals surface area (Å²) in [5.41, 5.74) is 2.16. The molecule has 0 saturated heterocycles. The number of fused-ring (bicyclic) bond motifs is 1. The zero-order valence-corrected chi connectivity index (χ0v) is 14.8. The molecule has 0 radical (unpaired) electrons. The molecule has 132 valence electrons. The lowest BCUT2D eigenvalue weighted by Crippen LogP contribution is -2.29. The minimum atomic E-state index is 0.00941. The van der Waals surface area contributed by atoms with Gasteiger partial charge in [-0.05, 0) is 48.7 Å². The van der Waals surface area contributed by atoms with Gasteiger partial charge in [0.25, 0.3) is 0 Å². The standard InChI is InChI=1S/C20H23NO4/c1-14(16-6-8-17(23-3)9-7-16)21(2)20(22)11-5-15-4-10-18-19(12-15)25-13-24-18/h4,6-10,12,14H,5,11,13H2,1-3H3. The van der Waals surface area contributed by atoms with Crippen molar-refractivity contribution in [3.8, 4) is 17.2 Å². The van der Waals surface area contributed by atoms with Crippen molar-refractivity contribution in [1.82, 2.24) is 4.90 Å². The number of amides is 1. The molecule has 3 rings (SSSR count). The highest BCUT2D eigenvalue weighted by Crippen LogP contribution is 2.33. The Kier molecular flexibility index (Phi) is 5.12. The van der Waals surface area contributed by atoms with Crippen LogP contribution in [0.3, 0.4) is 0 Å². The van der Waals surface area contributed by atoms with E-state index in [9.17, 15) is 4.79 Å². The summed E-state index contributed by atoms with van der Waals surface area (Å²) < 4.78 is 15.9. The first-order valence-corrected chi connectivity index (χ1v) is 8.36. The van der Waals surface area contributed by atoms with Crippen LogP contribution in [0.2, 0.25) is 0 Å². The van der Waals surface area contributed by atoms with Gasteiger partial charge in [-0.3, -0.25) is 4.79 Å². The minimum Gasteiger partial charge on any atom is -0.497 e. The number of nitrogens with zero attached hydrogens (tertiary/aromatic N) is 1. The Morgan fingerprint density at radius 3 is 2.60 bits per heavy atom. The summed E-state index contributed by atoms with van der Waals surface area (Å²) >= 11 is 0. The largest absolute Gasteiger partial charge is 0.497 e. The summed E-state index contributed by atoms with van der Waals surface area (Å²) in [5.74, 6) is 2.44. The number of carbonyl (C=O) groups excluding carboxylic acids is 1. The Bertz CT molecular complexity index is 742. The molecule has 2 aromatic rings. The fourth-order valence-electron chi connectivity index (χ4n) is 2.85. The highest BCUT2D eigenvalue weighted by Gasteiger charge is 2.18. The van der Waals surface area contributed by atoms with E-state index in [1.807, 2.05) is 56.4 Å². The zero-order chi connectivity index (χ0) is 17.8. The zero-order valence-electron chi connectivity index (χ0n) is 14.8. The molecule has 0 spiro atoms. The lowest BCUT2D eigenvalue weighted by atomic mass is 10.1. The maximum Gasteiger partial charge on any atom is 0.231 e. The van der Waals surface area contributed by atoms with Gasteiger partial charge in [0.1, 0.15) is 5.75 Å². The number of methoxy groups -OCH3 is 1. The number of carbonyl (C=O) groups is 1. The van der Waals surface area contributed by atoms with E-state index < -0.39 is 0 Å². The molecular weight excluding hydrogens is 318 g/mol. The molecule has 2 aromatic carbocycles. The Morgan fingerprint density at radius 2 is 1.88 bits per heavy atom. The average molecular weight is 341 g/mol. The first kappa shape index (κ1) is 17.1. The molecule has 1 aliphatic rings. The number of hydrogen-bond donors (Lipinski definition) is 0. The third kappa shape index (κ3) is 3.87. The number of aryl methyl sites for hydroxylation is 1. The predicted octanol–water partition coefficient (Wildman–Crippen LogP) is 3.58. The third-order valence-electron chi connectivity index (χ3n) is 4.64. The maximum absolute atomic E-state index is 12.5. The highest BCUT2D eigenvalue weighted by atomic mass is 16.7. The fraction of sp³-hybridized carbons (Fsp3) is 0.350. The van der Waals surface area contributed by atoms with Gasteiger partial charge in [0.05, 0.1) is 13.2 Å². The van der Waals surface area contributed by atoms with E-state index in [0.717, 1.165) is 28.4 Å². The second-order valence-electron chi connectivity index (χ2n) is 6.14. The van der Waals surface area contributed by atoms with E-state index >= 15 is 0 Å². The van der Waals surface area contributed by atoms with Gasteiger partial charge in [-0.1, -0.05) is 18.2 Å². The summed E-state index contributed by atoms with van der Waals surface area (Å²) in [7, 11) is 3.49. The van der Waals surface area contributed by atoms with E-state index in [2.05, 4.69) is 0 Å². The number of rotatable bonds is 6. The van der Waals surface area contributed by atoms with Crippen LogP contribution in [0.4, 0.5) is 0 Å². The Hall–Kier alpha value is -2.69. The van der Waals surface area contributed by atoms with Crippen LogP contribution in [-0.2, 0) is 11.2 Å². The van der Waals surface area contributed by atoms with Crippen LogP contribution in [0.25, 0.3) is 0 Å². The monoisotopic (exact) mass is 341 g/mol. The first-order valence-electron chi connectivity index (χ1n) is 8.36. The van der Waals surface area contributed by atoms with Crippen molar-refractivity contribution in [2.24, 2.45) is 0 Å². The van der Waals surface area contributed by atoms with Crippen molar-refractivity contribution in [3.63, 3.8) is 0 Å². The number of benzene rings is 2. The molecule has 1 amide bonds. The van der Waals surface area contributed by atoms with E-state index in [0.29, 0.717) is 12.8 Å². The molecule has 25 heavy (non-hydrogen) atoms. The van der Waals surface area contributed by atoms with Crippen molar-refractivity contribution < 1.29 is 19.0 Å². The maximum atomic E-state index is 12.5. The van der Waals surface area contributed by atoms with Crippen molar-refractivity contribution >= 4 is 5.91 Å². The van der Waals surface area contributed by atoms with Crippen LogP contribution in [0, 0.1) is 0 Å². The minimum absolute atomic E-state index is 0.00941. The Balaban J connectivity index is 1.58. The molecule has 1 aliphatic heterocycles. The average Bonchev–Trinajstić information content (AvgIpc) is 3.12.